The van der Waals surface area contributed by atoms with E-state index in [0.717, 1.165) is 40.5 Å². The summed E-state index contributed by atoms with van der Waals surface area (Å²) in [7, 11) is 0. The molecule has 2 nitrogen and oxygen atoms in total. The van der Waals surface area contributed by atoms with Gasteiger partial charge in [0.2, 0.25) is 0 Å². The van der Waals surface area contributed by atoms with Crippen LogP contribution in [0.5, 0.6) is 0 Å². The molecule has 11 rings (SSSR count). The zero-order valence-corrected chi connectivity index (χ0v) is 34.7. The Kier molecular flexibility index (Phi) is 9.88. The Bertz CT molecular complexity index is 3040. The Labute approximate surface area is 364 Å². The van der Waals surface area contributed by atoms with Gasteiger partial charge in [-0.3, -0.25) is 0 Å². The number of hydrogen-bond donors (Lipinski definition) is 0. The fourth-order valence-electron chi connectivity index (χ4n) is 9.75. The van der Waals surface area contributed by atoms with Gasteiger partial charge in [-0.2, -0.15) is 0 Å². The molecule has 0 aliphatic heterocycles. The highest BCUT2D eigenvalue weighted by Gasteiger charge is 2.21. The predicted molar refractivity (Wildman–Crippen MR) is 264 cm³/mol. The van der Waals surface area contributed by atoms with E-state index in [1.165, 1.54) is 85.3 Å². The molecular formula is C60H46N2. The van der Waals surface area contributed by atoms with Gasteiger partial charge in [-0.25, -0.2) is 0 Å². The second-order valence-electron chi connectivity index (χ2n) is 16.3. The largest absolute Gasteiger partial charge is 0.311 e. The summed E-state index contributed by atoms with van der Waals surface area (Å²) in [6.45, 7) is 0. The maximum absolute atomic E-state index is 2.36. The molecule has 10 aromatic carbocycles. The summed E-state index contributed by atoms with van der Waals surface area (Å²) in [5, 5.41) is 5.21. The van der Waals surface area contributed by atoms with Crippen molar-refractivity contribution < 1.29 is 0 Å². The molecule has 0 radical (unpaired) electrons. The summed E-state index contributed by atoms with van der Waals surface area (Å²) < 4.78 is 0. The van der Waals surface area contributed by atoms with Crippen molar-refractivity contribution in [3.8, 4) is 33.4 Å². The van der Waals surface area contributed by atoms with Crippen LogP contribution >= 0.6 is 0 Å². The fourth-order valence-corrected chi connectivity index (χ4v) is 9.75. The normalized spacial score (nSPS) is 12.3. The lowest BCUT2D eigenvalue weighted by Gasteiger charge is -2.26. The van der Waals surface area contributed by atoms with Crippen LogP contribution in [-0.4, -0.2) is 0 Å². The Morgan fingerprint density at radius 3 is 1.05 bits per heavy atom. The highest BCUT2D eigenvalue weighted by atomic mass is 15.1. The van der Waals surface area contributed by atoms with Crippen molar-refractivity contribution in [2.45, 2.75) is 25.7 Å². The quantitative estimate of drug-likeness (QED) is 0.134. The number of benzene rings is 10. The molecule has 0 atom stereocenters. The molecule has 0 saturated carbocycles. The monoisotopic (exact) mass is 794 g/mol. The van der Waals surface area contributed by atoms with Gasteiger partial charge in [0.1, 0.15) is 0 Å². The molecule has 10 aromatic rings. The third kappa shape index (κ3) is 6.90. The number of hydrogen-bond acceptors (Lipinski definition) is 2. The van der Waals surface area contributed by atoms with Gasteiger partial charge in [0.25, 0.3) is 0 Å². The van der Waals surface area contributed by atoms with Gasteiger partial charge in [-0.1, -0.05) is 158 Å². The highest BCUT2D eigenvalue weighted by molar-refractivity contribution is 6.21. The van der Waals surface area contributed by atoms with Gasteiger partial charge in [0, 0.05) is 34.1 Å². The zero-order chi connectivity index (χ0) is 41.2. The molecule has 0 unspecified atom stereocenters. The zero-order valence-electron chi connectivity index (χ0n) is 34.7. The Morgan fingerprint density at radius 1 is 0.258 bits per heavy atom. The molecule has 0 amide bonds. The van der Waals surface area contributed by atoms with Crippen LogP contribution in [0.4, 0.5) is 34.1 Å². The summed E-state index contributed by atoms with van der Waals surface area (Å²) in [5.41, 5.74) is 17.4. The second kappa shape index (κ2) is 16.4. The SMILES string of the molecule is c1ccc(N(c2ccccc2)c2ccc(-c3ccc(N(c4ccccc4)c4ccc(-c5c6ccccc6c(-c6cccc7c6CCCC7)c6ccccc56)cc4)cc3)cc2)cc1. The van der Waals surface area contributed by atoms with Crippen LogP contribution in [0.1, 0.15) is 24.0 Å². The van der Waals surface area contributed by atoms with Gasteiger partial charge < -0.3 is 9.80 Å². The fraction of sp³-hybridized carbons (Fsp3) is 0.0667. The van der Waals surface area contributed by atoms with Crippen molar-refractivity contribution in [3.63, 3.8) is 0 Å². The summed E-state index contributed by atoms with van der Waals surface area (Å²) in [5.74, 6) is 0. The average Bonchev–Trinajstić information content (AvgIpc) is 3.35. The first-order valence-electron chi connectivity index (χ1n) is 21.9. The van der Waals surface area contributed by atoms with E-state index in [1.54, 1.807) is 0 Å². The molecular weight excluding hydrogens is 749 g/mol. The number of aryl methyl sites for hydroxylation is 1. The number of anilines is 6. The van der Waals surface area contributed by atoms with E-state index in [2.05, 4.69) is 240 Å². The van der Waals surface area contributed by atoms with Gasteiger partial charge >= 0.3 is 0 Å². The van der Waals surface area contributed by atoms with Crippen LogP contribution in [0.15, 0.2) is 231 Å². The number of fused-ring (bicyclic) bond motifs is 3. The molecule has 296 valence electrons. The van der Waals surface area contributed by atoms with Crippen LogP contribution in [0.25, 0.3) is 54.9 Å². The van der Waals surface area contributed by atoms with Gasteiger partial charge in [-0.15, -0.1) is 0 Å². The Morgan fingerprint density at radius 2 is 0.613 bits per heavy atom. The first kappa shape index (κ1) is 37.3. The highest BCUT2D eigenvalue weighted by Crippen LogP contribution is 2.46. The standard InChI is InChI=1S/C60H46N2/c1-4-19-47(20-5-1)61(48-21-6-2-7-22-48)50-37-31-43(32-38-50)44-33-39-51(40-34-44)62(49-23-8-3-9-24-49)52-41-35-46(36-42-52)59-55-26-12-14-28-57(55)60(58-29-15-13-27-56(58)59)54-30-16-18-45-17-10-11-25-53(45)54/h1-9,12-16,18-24,26-42H,10-11,17,25H2. The van der Waals surface area contributed by atoms with Crippen LogP contribution in [-0.2, 0) is 12.8 Å². The molecule has 0 bridgehead atoms. The van der Waals surface area contributed by atoms with Gasteiger partial charge in [0.15, 0.2) is 0 Å². The second-order valence-corrected chi connectivity index (χ2v) is 16.3. The van der Waals surface area contributed by atoms with Crippen molar-refractivity contribution in [2.24, 2.45) is 0 Å². The summed E-state index contributed by atoms with van der Waals surface area (Å²) >= 11 is 0. The molecule has 0 spiro atoms. The molecule has 1 aliphatic rings. The van der Waals surface area contributed by atoms with E-state index in [4.69, 9.17) is 0 Å². The van der Waals surface area contributed by atoms with Crippen LogP contribution < -0.4 is 9.80 Å². The van der Waals surface area contributed by atoms with Gasteiger partial charge in [0.05, 0.1) is 0 Å². The van der Waals surface area contributed by atoms with Crippen LogP contribution in [0.2, 0.25) is 0 Å². The van der Waals surface area contributed by atoms with Crippen molar-refractivity contribution in [2.75, 3.05) is 9.80 Å². The minimum atomic E-state index is 1.11. The lowest BCUT2D eigenvalue weighted by atomic mass is 9.81. The third-order valence-electron chi connectivity index (χ3n) is 12.6. The maximum Gasteiger partial charge on any atom is 0.0462 e. The Balaban J connectivity index is 0.947. The lowest BCUT2D eigenvalue weighted by Crippen LogP contribution is -2.10. The summed E-state index contributed by atoms with van der Waals surface area (Å²) in [6.07, 6.45) is 4.85. The number of nitrogens with zero attached hydrogens (tertiary/aromatic N) is 2. The maximum atomic E-state index is 2.36. The van der Waals surface area contributed by atoms with E-state index >= 15 is 0 Å². The van der Waals surface area contributed by atoms with E-state index in [0.29, 0.717) is 0 Å². The minimum absolute atomic E-state index is 1.11. The van der Waals surface area contributed by atoms with Crippen molar-refractivity contribution in [1.82, 2.24) is 0 Å². The smallest absolute Gasteiger partial charge is 0.0462 e. The predicted octanol–water partition coefficient (Wildman–Crippen LogP) is 16.8. The Hall–Kier alpha value is -7.68. The molecule has 62 heavy (non-hydrogen) atoms. The molecule has 0 N–H and O–H groups in total. The van der Waals surface area contributed by atoms with Crippen molar-refractivity contribution >= 4 is 55.7 Å². The van der Waals surface area contributed by atoms with Crippen molar-refractivity contribution in [3.05, 3.63) is 242 Å². The number of rotatable bonds is 9. The van der Waals surface area contributed by atoms with Crippen molar-refractivity contribution in [1.29, 1.82) is 0 Å². The number of para-hydroxylation sites is 3. The van der Waals surface area contributed by atoms with Crippen LogP contribution in [0, 0.1) is 0 Å². The topological polar surface area (TPSA) is 6.48 Å². The molecule has 1 aliphatic carbocycles. The van der Waals surface area contributed by atoms with Crippen LogP contribution in [0.3, 0.4) is 0 Å². The van der Waals surface area contributed by atoms with E-state index < -0.39 is 0 Å². The molecule has 0 saturated heterocycles. The summed E-state index contributed by atoms with van der Waals surface area (Å²) in [6, 6.07) is 83.9. The van der Waals surface area contributed by atoms with E-state index in [1.807, 2.05) is 0 Å². The molecule has 2 heteroatoms. The average molecular weight is 795 g/mol. The molecule has 0 heterocycles. The third-order valence-corrected chi connectivity index (χ3v) is 12.6. The van der Waals surface area contributed by atoms with Gasteiger partial charge in [-0.05, 0) is 165 Å². The first-order valence-corrected chi connectivity index (χ1v) is 21.9. The lowest BCUT2D eigenvalue weighted by molar-refractivity contribution is 0.687. The molecule has 0 fully saturated rings. The van der Waals surface area contributed by atoms with E-state index in [9.17, 15) is 0 Å². The minimum Gasteiger partial charge on any atom is -0.311 e. The molecule has 0 aromatic heterocycles. The van der Waals surface area contributed by atoms with E-state index in [-0.39, 0.29) is 0 Å². The first-order chi connectivity index (χ1) is 30.8. The summed E-state index contributed by atoms with van der Waals surface area (Å²) in [4.78, 5) is 4.65.